The van der Waals surface area contributed by atoms with E-state index in [2.05, 4.69) is 27.6 Å². The van der Waals surface area contributed by atoms with Gasteiger partial charge in [0, 0.05) is 32.2 Å². The minimum atomic E-state index is 0.270. The monoisotopic (exact) mass is 265 g/mol. The Bertz CT molecular complexity index is 395. The van der Waals surface area contributed by atoms with Crippen LogP contribution in [-0.4, -0.2) is 29.7 Å². The Morgan fingerprint density at radius 1 is 1.32 bits per heavy atom. The van der Waals surface area contributed by atoms with Gasteiger partial charge in [0.1, 0.15) is 17.5 Å². The maximum Gasteiger partial charge on any atom is 0.145 e. The van der Waals surface area contributed by atoms with Crippen LogP contribution in [0.3, 0.4) is 0 Å². The molecule has 4 N–H and O–H groups in total. The van der Waals surface area contributed by atoms with E-state index in [0.717, 1.165) is 50.7 Å². The van der Waals surface area contributed by atoms with Crippen molar-refractivity contribution in [3.8, 4) is 0 Å². The van der Waals surface area contributed by atoms with Gasteiger partial charge in [-0.1, -0.05) is 13.8 Å². The second-order valence-electron chi connectivity index (χ2n) is 5.33. The van der Waals surface area contributed by atoms with Crippen LogP contribution >= 0.6 is 0 Å². The fourth-order valence-corrected chi connectivity index (χ4v) is 2.16. The van der Waals surface area contributed by atoms with Crippen LogP contribution < -0.4 is 16.6 Å². The number of nitrogen functional groups attached to an aromatic ring is 1. The predicted molar refractivity (Wildman–Crippen MR) is 75.9 cm³/mol. The van der Waals surface area contributed by atoms with Gasteiger partial charge in [-0.05, 0) is 18.3 Å². The summed E-state index contributed by atoms with van der Waals surface area (Å²) in [4.78, 5) is 8.74. The van der Waals surface area contributed by atoms with Crippen molar-refractivity contribution in [1.29, 1.82) is 0 Å². The summed E-state index contributed by atoms with van der Waals surface area (Å²) in [5.74, 6) is 7.68. The highest BCUT2D eigenvalue weighted by Crippen LogP contribution is 2.29. The minimum Gasteiger partial charge on any atom is -0.381 e. The number of anilines is 2. The molecule has 1 fully saturated rings. The lowest BCUT2D eigenvalue weighted by Crippen LogP contribution is -2.33. The molecule has 0 spiro atoms. The molecule has 0 saturated carbocycles. The lowest BCUT2D eigenvalue weighted by atomic mass is 9.82. The van der Waals surface area contributed by atoms with Crippen molar-refractivity contribution in [2.75, 3.05) is 30.5 Å². The number of hydrogen-bond donors (Lipinski definition) is 3. The zero-order valence-electron chi connectivity index (χ0n) is 11.7. The Hall–Kier alpha value is -1.40. The second kappa shape index (κ2) is 6.16. The summed E-state index contributed by atoms with van der Waals surface area (Å²) in [5.41, 5.74) is 2.85. The van der Waals surface area contributed by atoms with Crippen LogP contribution in [0.5, 0.6) is 0 Å². The Balaban J connectivity index is 2.02. The van der Waals surface area contributed by atoms with Gasteiger partial charge < -0.3 is 15.5 Å². The number of nitrogens with one attached hydrogen (secondary N) is 2. The van der Waals surface area contributed by atoms with Crippen LogP contribution in [0.2, 0.25) is 0 Å². The van der Waals surface area contributed by atoms with Crippen LogP contribution in [0, 0.1) is 5.41 Å². The maximum atomic E-state index is 5.42. The number of hydrazine groups is 1. The molecule has 1 saturated heterocycles. The first-order valence-corrected chi connectivity index (χ1v) is 6.81. The molecule has 0 aromatic carbocycles. The number of hydrogen-bond acceptors (Lipinski definition) is 6. The van der Waals surface area contributed by atoms with Crippen molar-refractivity contribution in [1.82, 2.24) is 9.97 Å². The van der Waals surface area contributed by atoms with E-state index in [4.69, 9.17) is 10.6 Å². The Morgan fingerprint density at radius 3 is 2.63 bits per heavy atom. The molecule has 6 heteroatoms. The van der Waals surface area contributed by atoms with E-state index in [-0.39, 0.29) is 5.41 Å². The summed E-state index contributed by atoms with van der Waals surface area (Å²) in [6.07, 6.45) is 2.94. The fraction of sp³-hybridized carbons (Fsp3) is 0.692. The van der Waals surface area contributed by atoms with Crippen LogP contribution in [0.1, 0.15) is 32.5 Å². The summed E-state index contributed by atoms with van der Waals surface area (Å²) >= 11 is 0. The van der Waals surface area contributed by atoms with Crippen molar-refractivity contribution >= 4 is 11.6 Å². The number of nitrogens with two attached hydrogens (primary N) is 1. The summed E-state index contributed by atoms with van der Waals surface area (Å²) in [7, 11) is 0. The molecule has 1 aromatic heterocycles. The van der Waals surface area contributed by atoms with Crippen molar-refractivity contribution in [3.05, 3.63) is 11.9 Å². The zero-order valence-corrected chi connectivity index (χ0v) is 11.7. The third-order valence-corrected chi connectivity index (χ3v) is 3.63. The zero-order chi connectivity index (χ0) is 13.7. The SMILES string of the molecule is CCc1nc(NN)cc(NCC2(C)CCOCC2)n1. The first kappa shape index (κ1) is 14.0. The van der Waals surface area contributed by atoms with Gasteiger partial charge in [0.25, 0.3) is 0 Å². The molecule has 0 amide bonds. The average Bonchev–Trinajstić information content (AvgIpc) is 2.45. The van der Waals surface area contributed by atoms with Gasteiger partial charge >= 0.3 is 0 Å². The quantitative estimate of drug-likeness (QED) is 0.553. The van der Waals surface area contributed by atoms with E-state index < -0.39 is 0 Å². The van der Waals surface area contributed by atoms with E-state index in [9.17, 15) is 0 Å². The molecule has 0 radical (unpaired) electrons. The largest absolute Gasteiger partial charge is 0.381 e. The number of ether oxygens (including phenoxy) is 1. The molecular formula is C13H23N5O. The molecule has 6 nitrogen and oxygen atoms in total. The molecule has 0 atom stereocenters. The Morgan fingerprint density at radius 2 is 2.00 bits per heavy atom. The molecule has 0 aliphatic carbocycles. The summed E-state index contributed by atoms with van der Waals surface area (Å²) in [6, 6.07) is 1.84. The third kappa shape index (κ3) is 3.78. The first-order valence-electron chi connectivity index (χ1n) is 6.81. The van der Waals surface area contributed by atoms with Gasteiger partial charge in [-0.15, -0.1) is 0 Å². The van der Waals surface area contributed by atoms with E-state index in [1.807, 2.05) is 13.0 Å². The number of aryl methyl sites for hydroxylation is 1. The average molecular weight is 265 g/mol. The van der Waals surface area contributed by atoms with Gasteiger partial charge in [0.05, 0.1) is 0 Å². The topological polar surface area (TPSA) is 85.1 Å². The van der Waals surface area contributed by atoms with Crippen molar-refractivity contribution in [3.63, 3.8) is 0 Å². The fourth-order valence-electron chi connectivity index (χ4n) is 2.16. The normalized spacial score (nSPS) is 18.1. The predicted octanol–water partition coefficient (Wildman–Crippen LogP) is 1.55. The number of aromatic nitrogens is 2. The molecule has 2 rings (SSSR count). The van der Waals surface area contributed by atoms with Gasteiger partial charge in [-0.3, -0.25) is 0 Å². The summed E-state index contributed by atoms with van der Waals surface area (Å²) in [5, 5.41) is 3.40. The van der Waals surface area contributed by atoms with Crippen molar-refractivity contribution in [2.45, 2.75) is 33.1 Å². The number of nitrogens with zero attached hydrogens (tertiary/aromatic N) is 2. The van der Waals surface area contributed by atoms with Crippen LogP contribution in [-0.2, 0) is 11.2 Å². The molecule has 106 valence electrons. The van der Waals surface area contributed by atoms with E-state index in [0.29, 0.717) is 5.82 Å². The first-order chi connectivity index (χ1) is 9.15. The molecule has 19 heavy (non-hydrogen) atoms. The van der Waals surface area contributed by atoms with Crippen LogP contribution in [0.25, 0.3) is 0 Å². The van der Waals surface area contributed by atoms with Crippen LogP contribution in [0.15, 0.2) is 6.07 Å². The van der Waals surface area contributed by atoms with Crippen molar-refractivity contribution in [2.24, 2.45) is 11.3 Å². The van der Waals surface area contributed by atoms with Gasteiger partial charge in [0.2, 0.25) is 0 Å². The highest BCUT2D eigenvalue weighted by molar-refractivity contribution is 5.47. The molecule has 1 aliphatic rings. The van der Waals surface area contributed by atoms with Gasteiger partial charge in [-0.25, -0.2) is 15.8 Å². The van der Waals surface area contributed by atoms with Crippen LogP contribution in [0.4, 0.5) is 11.6 Å². The Labute approximate surface area is 114 Å². The molecule has 1 aliphatic heterocycles. The molecule has 0 unspecified atom stereocenters. The lowest BCUT2D eigenvalue weighted by molar-refractivity contribution is 0.0300. The summed E-state index contributed by atoms with van der Waals surface area (Å²) < 4.78 is 5.41. The molecule has 2 heterocycles. The van der Waals surface area contributed by atoms with Gasteiger partial charge in [-0.2, -0.15) is 0 Å². The van der Waals surface area contributed by atoms with E-state index in [1.54, 1.807) is 0 Å². The third-order valence-electron chi connectivity index (χ3n) is 3.63. The van der Waals surface area contributed by atoms with E-state index in [1.165, 1.54) is 0 Å². The smallest absolute Gasteiger partial charge is 0.145 e. The summed E-state index contributed by atoms with van der Waals surface area (Å²) in [6.45, 7) is 6.89. The molecular weight excluding hydrogens is 242 g/mol. The highest BCUT2D eigenvalue weighted by Gasteiger charge is 2.27. The molecule has 1 aromatic rings. The highest BCUT2D eigenvalue weighted by atomic mass is 16.5. The maximum absolute atomic E-state index is 5.42. The minimum absolute atomic E-state index is 0.270. The standard InChI is InChI=1S/C13H23N5O/c1-3-10-16-11(8-12(17-10)18-14)15-9-13(2)4-6-19-7-5-13/h8H,3-7,9,14H2,1-2H3,(H2,15,16,17,18). The van der Waals surface area contributed by atoms with Crippen molar-refractivity contribution < 1.29 is 4.74 Å². The molecule has 0 bridgehead atoms. The number of rotatable bonds is 5. The second-order valence-corrected chi connectivity index (χ2v) is 5.33. The van der Waals surface area contributed by atoms with E-state index >= 15 is 0 Å². The van der Waals surface area contributed by atoms with Gasteiger partial charge in [0.15, 0.2) is 0 Å². The lowest BCUT2D eigenvalue weighted by Gasteiger charge is -2.33. The Kier molecular flexibility index (Phi) is 4.55.